The number of hydrogen-bond donors (Lipinski definition) is 0. The molecule has 2 amide bonds. The van der Waals surface area contributed by atoms with Crippen LogP contribution < -0.4 is 0 Å². The molecule has 13 heavy (non-hydrogen) atoms. The summed E-state index contributed by atoms with van der Waals surface area (Å²) in [5.41, 5.74) is 0. The summed E-state index contributed by atoms with van der Waals surface area (Å²) in [6.07, 6.45) is -3.15. The molecule has 0 aromatic heterocycles. The maximum Gasteiger partial charge on any atom is 0.416 e. The van der Waals surface area contributed by atoms with Crippen molar-refractivity contribution in [3.8, 4) is 0 Å². The number of halogens is 1. The Morgan fingerprint density at radius 2 is 2.23 bits per heavy atom. The lowest BCUT2D eigenvalue weighted by Crippen LogP contribution is -2.40. The number of amides is 2. The average Bonchev–Trinajstić information content (AvgIpc) is 2.48. The summed E-state index contributed by atoms with van der Waals surface area (Å²) in [5, 5.41) is 0. The summed E-state index contributed by atoms with van der Waals surface area (Å²) in [6.45, 7) is 1.00. The van der Waals surface area contributed by atoms with Crippen molar-refractivity contribution in [1.82, 2.24) is 4.90 Å². The number of hydrogen-bond acceptors (Lipinski definition) is 4. The third-order valence-corrected chi connectivity index (χ3v) is 1.60. The fourth-order valence-corrected chi connectivity index (χ4v) is 0.904. The Kier molecular flexibility index (Phi) is 2.60. The average molecular weight is 189 g/mol. The number of carbonyl (C=O) groups is 3. The van der Waals surface area contributed by atoms with Crippen LogP contribution in [0.4, 0.5) is 9.18 Å². The molecule has 1 aliphatic rings. The fraction of sp³-hybridized carbons (Fsp3) is 0.571. The Morgan fingerprint density at radius 3 is 2.62 bits per heavy atom. The molecule has 72 valence electrons. The number of Topliss-reactive ketones (excluding diaryl/α,β-unsaturated/α-hetero) is 1. The Bertz CT molecular complexity index is 265. The maximum atomic E-state index is 12.8. The number of alkyl halides is 1. The van der Waals surface area contributed by atoms with Crippen LogP contribution in [0, 0.1) is 0 Å². The molecular weight excluding hydrogens is 181 g/mol. The molecule has 1 rings (SSSR count). The van der Waals surface area contributed by atoms with Gasteiger partial charge in [0.2, 0.25) is 6.17 Å². The zero-order valence-corrected chi connectivity index (χ0v) is 6.95. The highest BCUT2D eigenvalue weighted by molar-refractivity contribution is 6.07. The van der Waals surface area contributed by atoms with E-state index in [-0.39, 0.29) is 13.2 Å². The fourth-order valence-electron chi connectivity index (χ4n) is 0.904. The maximum absolute atomic E-state index is 12.8. The van der Waals surface area contributed by atoms with Gasteiger partial charge in [0.25, 0.3) is 5.91 Å². The highest BCUT2D eigenvalue weighted by Gasteiger charge is 2.35. The summed E-state index contributed by atoms with van der Waals surface area (Å²) < 4.78 is 17.2. The van der Waals surface area contributed by atoms with E-state index < -0.39 is 24.0 Å². The van der Waals surface area contributed by atoms with Gasteiger partial charge in [0.1, 0.15) is 6.61 Å². The summed E-state index contributed by atoms with van der Waals surface area (Å²) >= 11 is 0. The van der Waals surface area contributed by atoms with Gasteiger partial charge in [0.15, 0.2) is 5.78 Å². The normalized spacial score (nSPS) is 18.3. The Morgan fingerprint density at radius 1 is 1.62 bits per heavy atom. The molecule has 0 aliphatic carbocycles. The van der Waals surface area contributed by atoms with E-state index in [1.807, 2.05) is 0 Å². The highest BCUT2D eigenvalue weighted by Crippen LogP contribution is 2.08. The quantitative estimate of drug-likeness (QED) is 0.568. The van der Waals surface area contributed by atoms with Crippen LogP contribution in [0.3, 0.4) is 0 Å². The second-order valence-electron chi connectivity index (χ2n) is 2.58. The van der Waals surface area contributed by atoms with Crippen LogP contribution in [0.5, 0.6) is 0 Å². The molecule has 1 saturated heterocycles. The number of cyclic esters (lactones) is 1. The lowest BCUT2D eigenvalue weighted by molar-refractivity contribution is -0.139. The van der Waals surface area contributed by atoms with E-state index in [9.17, 15) is 18.8 Å². The van der Waals surface area contributed by atoms with Gasteiger partial charge >= 0.3 is 6.09 Å². The van der Waals surface area contributed by atoms with Gasteiger partial charge in [-0.05, 0) is 6.92 Å². The lowest BCUT2D eigenvalue weighted by atomic mass is 10.2. The predicted octanol–water partition coefficient (Wildman–Crippen LogP) is -0.108. The monoisotopic (exact) mass is 189 g/mol. The van der Waals surface area contributed by atoms with E-state index in [4.69, 9.17) is 0 Å². The first-order valence-electron chi connectivity index (χ1n) is 3.66. The molecule has 0 aromatic carbocycles. The molecular formula is C7H8FNO4. The van der Waals surface area contributed by atoms with E-state index >= 15 is 0 Å². The van der Waals surface area contributed by atoms with Gasteiger partial charge in [-0.3, -0.25) is 9.59 Å². The van der Waals surface area contributed by atoms with Gasteiger partial charge in [-0.15, -0.1) is 0 Å². The Balaban J connectivity index is 2.67. The number of rotatable bonds is 2. The second-order valence-corrected chi connectivity index (χ2v) is 2.58. The molecule has 0 spiro atoms. The van der Waals surface area contributed by atoms with Crippen LogP contribution in [0.2, 0.25) is 0 Å². The first-order valence-corrected chi connectivity index (χ1v) is 3.66. The van der Waals surface area contributed by atoms with Gasteiger partial charge in [-0.1, -0.05) is 0 Å². The molecule has 1 heterocycles. The molecule has 0 aromatic rings. The van der Waals surface area contributed by atoms with Crippen LogP contribution in [0.15, 0.2) is 0 Å². The van der Waals surface area contributed by atoms with E-state index in [1.54, 1.807) is 0 Å². The molecule has 1 fully saturated rings. The molecule has 5 nitrogen and oxygen atoms in total. The minimum atomic E-state index is -2.26. The first-order chi connectivity index (χ1) is 6.04. The van der Waals surface area contributed by atoms with Gasteiger partial charge in [0, 0.05) is 0 Å². The number of ketones is 1. The minimum Gasteiger partial charge on any atom is -0.447 e. The van der Waals surface area contributed by atoms with Crippen molar-refractivity contribution in [3.63, 3.8) is 0 Å². The van der Waals surface area contributed by atoms with E-state index in [0.717, 1.165) is 6.92 Å². The van der Waals surface area contributed by atoms with Crippen molar-refractivity contribution in [2.45, 2.75) is 13.1 Å². The van der Waals surface area contributed by atoms with E-state index in [2.05, 4.69) is 4.74 Å². The topological polar surface area (TPSA) is 63.7 Å². The lowest BCUT2D eigenvalue weighted by Gasteiger charge is -2.11. The SMILES string of the molecule is CC(=O)C(F)C(=O)N1CCOC1=O. The van der Waals surface area contributed by atoms with Gasteiger partial charge in [0.05, 0.1) is 6.54 Å². The van der Waals surface area contributed by atoms with Crippen LogP contribution in [0.25, 0.3) is 0 Å². The molecule has 0 saturated carbocycles. The molecule has 0 bridgehead atoms. The van der Waals surface area contributed by atoms with Crippen molar-refractivity contribution in [1.29, 1.82) is 0 Å². The third kappa shape index (κ3) is 1.82. The van der Waals surface area contributed by atoms with Gasteiger partial charge in [-0.2, -0.15) is 0 Å². The largest absolute Gasteiger partial charge is 0.447 e. The molecule has 1 unspecified atom stereocenters. The number of imide groups is 1. The van der Waals surface area contributed by atoms with Crippen molar-refractivity contribution < 1.29 is 23.5 Å². The summed E-state index contributed by atoms with van der Waals surface area (Å²) in [6, 6.07) is 0. The Labute approximate surface area is 73.4 Å². The van der Waals surface area contributed by atoms with E-state index in [0.29, 0.717) is 4.90 Å². The Hall–Kier alpha value is -1.46. The summed E-state index contributed by atoms with van der Waals surface area (Å²) in [5.74, 6) is -2.06. The number of nitrogens with zero attached hydrogens (tertiary/aromatic N) is 1. The molecule has 0 N–H and O–H groups in total. The van der Waals surface area contributed by atoms with Crippen molar-refractivity contribution >= 4 is 17.8 Å². The van der Waals surface area contributed by atoms with Crippen LogP contribution in [0.1, 0.15) is 6.92 Å². The van der Waals surface area contributed by atoms with Crippen molar-refractivity contribution in [2.24, 2.45) is 0 Å². The zero-order valence-electron chi connectivity index (χ0n) is 6.95. The number of carbonyl (C=O) groups excluding carboxylic acids is 3. The zero-order chi connectivity index (χ0) is 10.0. The predicted molar refractivity (Wildman–Crippen MR) is 38.6 cm³/mol. The molecule has 0 radical (unpaired) electrons. The first kappa shape index (κ1) is 9.63. The van der Waals surface area contributed by atoms with Gasteiger partial charge in [-0.25, -0.2) is 14.1 Å². The van der Waals surface area contributed by atoms with Crippen LogP contribution in [-0.2, 0) is 14.3 Å². The standard InChI is InChI=1S/C7H8FNO4/c1-4(10)5(8)6(11)9-2-3-13-7(9)12/h5H,2-3H2,1H3. The van der Waals surface area contributed by atoms with Crippen molar-refractivity contribution in [2.75, 3.05) is 13.2 Å². The third-order valence-electron chi connectivity index (χ3n) is 1.60. The van der Waals surface area contributed by atoms with Crippen LogP contribution >= 0.6 is 0 Å². The number of ether oxygens (including phenoxy) is 1. The molecule has 6 heteroatoms. The van der Waals surface area contributed by atoms with Gasteiger partial charge < -0.3 is 4.74 Å². The summed E-state index contributed by atoms with van der Waals surface area (Å²) in [7, 11) is 0. The van der Waals surface area contributed by atoms with Crippen LogP contribution in [-0.4, -0.2) is 42.0 Å². The van der Waals surface area contributed by atoms with E-state index in [1.165, 1.54) is 0 Å². The second kappa shape index (κ2) is 3.51. The molecule has 1 aliphatic heterocycles. The van der Waals surface area contributed by atoms with Crippen molar-refractivity contribution in [3.05, 3.63) is 0 Å². The summed E-state index contributed by atoms with van der Waals surface area (Å²) in [4.78, 5) is 32.8. The minimum absolute atomic E-state index is 0.00532. The molecule has 1 atom stereocenters. The highest BCUT2D eigenvalue weighted by atomic mass is 19.1. The smallest absolute Gasteiger partial charge is 0.416 e.